The van der Waals surface area contributed by atoms with Crippen LogP contribution in [0.1, 0.15) is 0 Å². The molecule has 3 aliphatic rings. The monoisotopic (exact) mass is 297 g/mol. The molecule has 3 saturated heterocycles. The second kappa shape index (κ2) is 4.65. The molecular formula is C12H15N3O6. The van der Waals surface area contributed by atoms with Crippen molar-refractivity contribution in [3.8, 4) is 0 Å². The molecule has 3 atom stereocenters. The lowest BCUT2D eigenvalue weighted by Gasteiger charge is -2.12. The van der Waals surface area contributed by atoms with Gasteiger partial charge in [-0.15, -0.1) is 0 Å². The van der Waals surface area contributed by atoms with Gasteiger partial charge in [-0.2, -0.15) is 0 Å². The van der Waals surface area contributed by atoms with Crippen molar-refractivity contribution in [2.45, 2.75) is 37.9 Å². The Labute approximate surface area is 118 Å². The average molecular weight is 297 g/mol. The first kappa shape index (κ1) is 13.0. The van der Waals surface area contributed by atoms with Gasteiger partial charge >= 0.3 is 17.1 Å². The van der Waals surface area contributed by atoms with Gasteiger partial charge in [-0.25, -0.2) is 28.1 Å². The van der Waals surface area contributed by atoms with E-state index in [-0.39, 0.29) is 37.9 Å². The largest absolute Gasteiger partial charge is 0.371 e. The Hall–Kier alpha value is -1.71. The second-order valence-corrected chi connectivity index (χ2v) is 5.55. The molecule has 4 heterocycles. The highest BCUT2D eigenvalue weighted by Gasteiger charge is 2.31. The lowest BCUT2D eigenvalue weighted by Crippen LogP contribution is -2.55. The molecule has 1 aromatic heterocycles. The Morgan fingerprint density at radius 2 is 0.905 bits per heavy atom. The minimum Gasteiger partial charge on any atom is -0.371 e. The summed E-state index contributed by atoms with van der Waals surface area (Å²) < 4.78 is 18.4. The third-order valence-electron chi connectivity index (χ3n) is 3.75. The first-order valence-corrected chi connectivity index (χ1v) is 6.93. The zero-order chi connectivity index (χ0) is 14.6. The molecule has 1 aromatic rings. The first-order valence-electron chi connectivity index (χ1n) is 6.93. The molecule has 9 heteroatoms. The minimum absolute atomic E-state index is 0.121. The Morgan fingerprint density at radius 1 is 0.667 bits per heavy atom. The molecule has 4 rings (SSSR count). The minimum atomic E-state index is -0.594. The third kappa shape index (κ3) is 2.59. The average Bonchev–Trinajstić information content (AvgIpc) is 3.31. The molecule has 9 nitrogen and oxygen atoms in total. The summed E-state index contributed by atoms with van der Waals surface area (Å²) in [5, 5.41) is 0. The number of rotatable bonds is 6. The predicted octanol–water partition coefficient (Wildman–Crippen LogP) is -2.63. The molecule has 0 spiro atoms. The fourth-order valence-corrected chi connectivity index (χ4v) is 2.28. The number of hydrogen-bond acceptors (Lipinski definition) is 6. The summed E-state index contributed by atoms with van der Waals surface area (Å²) >= 11 is 0. The molecule has 0 aliphatic carbocycles. The molecule has 114 valence electrons. The summed E-state index contributed by atoms with van der Waals surface area (Å²) in [4.78, 5) is 37.1. The Balaban J connectivity index is 1.81. The van der Waals surface area contributed by atoms with Gasteiger partial charge in [0.1, 0.15) is 0 Å². The number of nitrogens with zero attached hydrogens (tertiary/aromatic N) is 3. The maximum atomic E-state index is 12.4. The van der Waals surface area contributed by atoms with E-state index < -0.39 is 17.1 Å². The summed E-state index contributed by atoms with van der Waals surface area (Å²) in [6.07, 6.45) is -0.363. The fourth-order valence-electron chi connectivity index (χ4n) is 2.28. The molecule has 3 aliphatic heterocycles. The van der Waals surface area contributed by atoms with Crippen molar-refractivity contribution < 1.29 is 14.2 Å². The van der Waals surface area contributed by atoms with Gasteiger partial charge in [0.15, 0.2) is 0 Å². The third-order valence-corrected chi connectivity index (χ3v) is 3.75. The van der Waals surface area contributed by atoms with Crippen LogP contribution < -0.4 is 17.1 Å². The van der Waals surface area contributed by atoms with Gasteiger partial charge in [0.2, 0.25) is 0 Å². The van der Waals surface area contributed by atoms with Crippen LogP contribution in [0.2, 0.25) is 0 Å². The van der Waals surface area contributed by atoms with E-state index >= 15 is 0 Å². The Bertz CT molecular complexity index is 605. The summed E-state index contributed by atoms with van der Waals surface area (Å²) in [5.74, 6) is 0. The van der Waals surface area contributed by atoms with Crippen LogP contribution >= 0.6 is 0 Å². The molecule has 0 amide bonds. The zero-order valence-corrected chi connectivity index (χ0v) is 11.3. The molecule has 0 aromatic carbocycles. The van der Waals surface area contributed by atoms with E-state index in [0.717, 1.165) is 13.7 Å². The standard InChI is InChI=1S/C12H15N3O6/c16-10-13(1-7-4-19-7)11(17)15(3-9-6-21-9)12(18)14(10)2-8-5-20-8/h7-9H,1-6H2/t7-,8-,9?/m0/s1. The van der Waals surface area contributed by atoms with E-state index in [9.17, 15) is 14.4 Å². The maximum absolute atomic E-state index is 12.4. The van der Waals surface area contributed by atoms with Crippen molar-refractivity contribution in [1.29, 1.82) is 0 Å². The number of aromatic nitrogens is 3. The van der Waals surface area contributed by atoms with Crippen LogP contribution in [0.25, 0.3) is 0 Å². The lowest BCUT2D eigenvalue weighted by atomic mass is 10.4. The molecule has 21 heavy (non-hydrogen) atoms. The molecule has 1 unspecified atom stereocenters. The van der Waals surface area contributed by atoms with E-state index in [0.29, 0.717) is 19.8 Å². The molecular weight excluding hydrogens is 282 g/mol. The van der Waals surface area contributed by atoms with Crippen molar-refractivity contribution in [3.05, 3.63) is 31.5 Å². The summed E-state index contributed by atoms with van der Waals surface area (Å²) in [5.41, 5.74) is -1.78. The van der Waals surface area contributed by atoms with Crippen molar-refractivity contribution in [2.24, 2.45) is 0 Å². The fraction of sp³-hybridized carbons (Fsp3) is 0.750. The Kier molecular flexibility index (Phi) is 2.88. The molecule has 0 radical (unpaired) electrons. The van der Waals surface area contributed by atoms with E-state index in [1.54, 1.807) is 0 Å². The van der Waals surface area contributed by atoms with Gasteiger partial charge in [-0.05, 0) is 0 Å². The summed E-state index contributed by atoms with van der Waals surface area (Å²) in [6, 6.07) is 0. The highest BCUT2D eigenvalue weighted by Crippen LogP contribution is 2.12. The lowest BCUT2D eigenvalue weighted by molar-refractivity contribution is 0.327. The van der Waals surface area contributed by atoms with Crippen molar-refractivity contribution in [1.82, 2.24) is 13.7 Å². The van der Waals surface area contributed by atoms with Crippen LogP contribution in [0.4, 0.5) is 0 Å². The van der Waals surface area contributed by atoms with E-state index in [1.807, 2.05) is 0 Å². The van der Waals surface area contributed by atoms with Gasteiger partial charge in [-0.3, -0.25) is 0 Å². The van der Waals surface area contributed by atoms with E-state index in [1.165, 1.54) is 0 Å². The Morgan fingerprint density at radius 3 is 1.10 bits per heavy atom. The number of epoxide rings is 3. The summed E-state index contributed by atoms with van der Waals surface area (Å²) in [6.45, 7) is 2.12. The van der Waals surface area contributed by atoms with Gasteiger partial charge in [0.25, 0.3) is 0 Å². The van der Waals surface area contributed by atoms with Crippen LogP contribution in [0.3, 0.4) is 0 Å². The zero-order valence-electron chi connectivity index (χ0n) is 11.3. The molecule has 0 N–H and O–H groups in total. The van der Waals surface area contributed by atoms with Crippen LogP contribution in [0, 0.1) is 0 Å². The smallest absolute Gasteiger partial charge is 0.336 e. The van der Waals surface area contributed by atoms with E-state index in [2.05, 4.69) is 0 Å². The van der Waals surface area contributed by atoms with E-state index in [4.69, 9.17) is 14.2 Å². The quantitative estimate of drug-likeness (QED) is 0.532. The van der Waals surface area contributed by atoms with Crippen molar-refractivity contribution in [2.75, 3.05) is 19.8 Å². The van der Waals surface area contributed by atoms with Crippen molar-refractivity contribution >= 4 is 0 Å². The maximum Gasteiger partial charge on any atom is 0.336 e. The first-order chi connectivity index (χ1) is 10.1. The summed E-state index contributed by atoms with van der Waals surface area (Å²) in [7, 11) is 0. The van der Waals surface area contributed by atoms with Crippen LogP contribution in [0.15, 0.2) is 14.4 Å². The normalized spacial score (nSPS) is 29.4. The van der Waals surface area contributed by atoms with Crippen LogP contribution in [0.5, 0.6) is 0 Å². The van der Waals surface area contributed by atoms with Crippen molar-refractivity contribution in [3.63, 3.8) is 0 Å². The van der Waals surface area contributed by atoms with Gasteiger partial charge < -0.3 is 14.2 Å². The SMILES string of the molecule is O=c1n(CC2CO2)c(=O)n(C[C@H]2CO2)c(=O)n1C[C@H]1CO1. The topological polar surface area (TPSA) is 104 Å². The number of hydrogen-bond donors (Lipinski definition) is 0. The highest BCUT2D eigenvalue weighted by molar-refractivity contribution is 4.86. The second-order valence-electron chi connectivity index (χ2n) is 5.55. The molecule has 0 saturated carbocycles. The van der Waals surface area contributed by atoms with Crippen LogP contribution in [-0.2, 0) is 33.8 Å². The predicted molar refractivity (Wildman–Crippen MR) is 68.4 cm³/mol. The number of ether oxygens (including phenoxy) is 3. The van der Waals surface area contributed by atoms with Gasteiger partial charge in [0.05, 0.1) is 57.8 Å². The highest BCUT2D eigenvalue weighted by atomic mass is 16.6. The van der Waals surface area contributed by atoms with Gasteiger partial charge in [0, 0.05) is 0 Å². The molecule has 0 bridgehead atoms. The van der Waals surface area contributed by atoms with Gasteiger partial charge in [-0.1, -0.05) is 0 Å². The van der Waals surface area contributed by atoms with Crippen LogP contribution in [-0.4, -0.2) is 51.8 Å². The molecule has 3 fully saturated rings.